The number of hydrogen-bond acceptors (Lipinski definition) is 3. The number of nitrogens with one attached hydrogen (secondary N) is 1. The van der Waals surface area contributed by atoms with Crippen LogP contribution in [0.15, 0.2) is 16.8 Å². The van der Waals surface area contributed by atoms with Gasteiger partial charge in [-0.2, -0.15) is 11.3 Å². The molecule has 2 rings (SSSR count). The lowest BCUT2D eigenvalue weighted by Crippen LogP contribution is -2.51. The Bertz CT molecular complexity index is 282. The first-order valence-corrected chi connectivity index (χ1v) is 6.70. The molecule has 0 aromatic carbocycles. The Morgan fingerprint density at radius 2 is 2.47 bits per heavy atom. The van der Waals surface area contributed by atoms with Gasteiger partial charge in [0.25, 0.3) is 0 Å². The third-order valence-corrected chi connectivity index (χ3v) is 3.55. The Morgan fingerprint density at radius 1 is 1.60 bits per heavy atom. The SMILES string of the molecule is CC(C)CC1CN(c2ccsc2)CCN1. The average Bonchev–Trinajstić information content (AvgIpc) is 2.69. The van der Waals surface area contributed by atoms with Gasteiger partial charge in [0.1, 0.15) is 0 Å². The van der Waals surface area contributed by atoms with Gasteiger partial charge < -0.3 is 10.2 Å². The van der Waals surface area contributed by atoms with E-state index in [0.717, 1.165) is 25.6 Å². The van der Waals surface area contributed by atoms with Gasteiger partial charge in [0, 0.05) is 36.7 Å². The largest absolute Gasteiger partial charge is 0.368 e. The Labute approximate surface area is 96.3 Å². The second kappa shape index (κ2) is 4.99. The van der Waals surface area contributed by atoms with Crippen LogP contribution < -0.4 is 10.2 Å². The Hall–Kier alpha value is -0.540. The first-order valence-electron chi connectivity index (χ1n) is 5.76. The molecular formula is C12H20N2S. The minimum absolute atomic E-state index is 0.665. The average molecular weight is 224 g/mol. The lowest BCUT2D eigenvalue weighted by Gasteiger charge is -2.35. The van der Waals surface area contributed by atoms with Gasteiger partial charge in [-0.05, 0) is 23.8 Å². The zero-order valence-corrected chi connectivity index (χ0v) is 10.4. The molecule has 15 heavy (non-hydrogen) atoms. The molecule has 1 saturated heterocycles. The van der Waals surface area contributed by atoms with E-state index >= 15 is 0 Å². The highest BCUT2D eigenvalue weighted by molar-refractivity contribution is 7.08. The number of nitrogens with zero attached hydrogens (tertiary/aromatic N) is 1. The monoisotopic (exact) mass is 224 g/mol. The summed E-state index contributed by atoms with van der Waals surface area (Å²) in [5.74, 6) is 0.782. The molecule has 2 nitrogen and oxygen atoms in total. The zero-order chi connectivity index (χ0) is 10.7. The molecule has 84 valence electrons. The highest BCUT2D eigenvalue weighted by Gasteiger charge is 2.20. The molecule has 0 amide bonds. The fraction of sp³-hybridized carbons (Fsp3) is 0.667. The van der Waals surface area contributed by atoms with Crippen LogP contribution in [0.3, 0.4) is 0 Å². The second-order valence-corrected chi connectivity index (χ2v) is 5.49. The summed E-state index contributed by atoms with van der Waals surface area (Å²) in [6.45, 7) is 8.02. The first kappa shape index (κ1) is 11.0. The highest BCUT2D eigenvalue weighted by Crippen LogP contribution is 2.20. The minimum atomic E-state index is 0.665. The smallest absolute Gasteiger partial charge is 0.0475 e. The van der Waals surface area contributed by atoms with Gasteiger partial charge in [-0.25, -0.2) is 0 Å². The quantitative estimate of drug-likeness (QED) is 0.849. The second-order valence-electron chi connectivity index (χ2n) is 4.71. The Kier molecular flexibility index (Phi) is 3.65. The molecule has 1 unspecified atom stereocenters. The third-order valence-electron chi connectivity index (χ3n) is 2.88. The fourth-order valence-corrected chi connectivity index (χ4v) is 2.89. The lowest BCUT2D eigenvalue weighted by atomic mass is 10.0. The minimum Gasteiger partial charge on any atom is -0.368 e. The zero-order valence-electron chi connectivity index (χ0n) is 9.57. The number of thiophene rings is 1. The van der Waals surface area contributed by atoms with E-state index in [1.807, 2.05) is 0 Å². The van der Waals surface area contributed by atoms with Crippen molar-refractivity contribution in [1.82, 2.24) is 5.32 Å². The highest BCUT2D eigenvalue weighted by atomic mass is 32.1. The number of anilines is 1. The first-order chi connectivity index (χ1) is 7.25. The molecule has 0 bridgehead atoms. The van der Waals surface area contributed by atoms with E-state index in [-0.39, 0.29) is 0 Å². The molecule has 0 spiro atoms. The van der Waals surface area contributed by atoms with E-state index in [9.17, 15) is 0 Å². The molecule has 1 aliphatic heterocycles. The van der Waals surface area contributed by atoms with Crippen LogP contribution in [-0.4, -0.2) is 25.7 Å². The van der Waals surface area contributed by atoms with Crippen molar-refractivity contribution in [2.45, 2.75) is 26.3 Å². The normalized spacial score (nSPS) is 22.3. The lowest BCUT2D eigenvalue weighted by molar-refractivity contribution is 0.388. The maximum atomic E-state index is 3.60. The van der Waals surface area contributed by atoms with Crippen LogP contribution in [-0.2, 0) is 0 Å². The maximum Gasteiger partial charge on any atom is 0.0475 e. The third kappa shape index (κ3) is 2.95. The molecule has 1 N–H and O–H groups in total. The van der Waals surface area contributed by atoms with E-state index in [0.29, 0.717) is 6.04 Å². The summed E-state index contributed by atoms with van der Waals surface area (Å²) < 4.78 is 0. The molecule has 0 radical (unpaired) electrons. The van der Waals surface area contributed by atoms with Gasteiger partial charge in [-0.15, -0.1) is 0 Å². The van der Waals surface area contributed by atoms with Gasteiger partial charge >= 0.3 is 0 Å². The number of piperazine rings is 1. The fourth-order valence-electron chi connectivity index (χ4n) is 2.22. The van der Waals surface area contributed by atoms with Crippen molar-refractivity contribution in [1.29, 1.82) is 0 Å². The molecule has 1 aromatic rings. The van der Waals surface area contributed by atoms with Crippen molar-refractivity contribution < 1.29 is 0 Å². The summed E-state index contributed by atoms with van der Waals surface area (Å²) in [5.41, 5.74) is 1.40. The summed E-state index contributed by atoms with van der Waals surface area (Å²) in [4.78, 5) is 2.50. The topological polar surface area (TPSA) is 15.3 Å². The van der Waals surface area contributed by atoms with Crippen LogP contribution in [0, 0.1) is 5.92 Å². The summed E-state index contributed by atoms with van der Waals surface area (Å²) >= 11 is 1.79. The van der Waals surface area contributed by atoms with Crippen molar-refractivity contribution in [3.63, 3.8) is 0 Å². The Morgan fingerprint density at radius 3 is 3.13 bits per heavy atom. The van der Waals surface area contributed by atoms with Crippen molar-refractivity contribution >= 4 is 17.0 Å². The summed E-state index contributed by atoms with van der Waals surface area (Å²) in [5, 5.41) is 8.01. The van der Waals surface area contributed by atoms with Gasteiger partial charge in [0.15, 0.2) is 0 Å². The van der Waals surface area contributed by atoms with Crippen LogP contribution in [0.4, 0.5) is 5.69 Å². The van der Waals surface area contributed by atoms with Crippen LogP contribution in [0.25, 0.3) is 0 Å². The van der Waals surface area contributed by atoms with E-state index < -0.39 is 0 Å². The molecule has 0 aliphatic carbocycles. The predicted octanol–water partition coefficient (Wildman–Crippen LogP) is 2.57. The molecule has 1 aliphatic rings. The van der Waals surface area contributed by atoms with Crippen molar-refractivity contribution in [3.8, 4) is 0 Å². The summed E-state index contributed by atoms with van der Waals surface area (Å²) in [7, 11) is 0. The van der Waals surface area contributed by atoms with Crippen molar-refractivity contribution in [2.75, 3.05) is 24.5 Å². The van der Waals surface area contributed by atoms with Gasteiger partial charge in [-0.3, -0.25) is 0 Å². The molecular weight excluding hydrogens is 204 g/mol. The van der Waals surface area contributed by atoms with Crippen LogP contribution in [0.2, 0.25) is 0 Å². The van der Waals surface area contributed by atoms with Crippen LogP contribution in [0.5, 0.6) is 0 Å². The van der Waals surface area contributed by atoms with Crippen molar-refractivity contribution in [3.05, 3.63) is 16.8 Å². The van der Waals surface area contributed by atoms with Crippen LogP contribution >= 0.6 is 11.3 Å². The standard InChI is InChI=1S/C12H20N2S/c1-10(2)7-11-8-14(5-4-13-11)12-3-6-15-9-12/h3,6,9-11,13H,4-5,7-8H2,1-2H3. The van der Waals surface area contributed by atoms with Crippen LogP contribution in [0.1, 0.15) is 20.3 Å². The molecule has 1 fully saturated rings. The predicted molar refractivity (Wildman–Crippen MR) is 67.8 cm³/mol. The molecule has 2 heterocycles. The molecule has 1 aromatic heterocycles. The van der Waals surface area contributed by atoms with Gasteiger partial charge in [0.05, 0.1) is 0 Å². The molecule has 0 saturated carbocycles. The Balaban J connectivity index is 1.92. The van der Waals surface area contributed by atoms with E-state index in [4.69, 9.17) is 0 Å². The van der Waals surface area contributed by atoms with Crippen molar-refractivity contribution in [2.24, 2.45) is 5.92 Å². The maximum absolute atomic E-state index is 3.60. The molecule has 3 heteroatoms. The van der Waals surface area contributed by atoms with E-state index in [1.54, 1.807) is 11.3 Å². The summed E-state index contributed by atoms with van der Waals surface area (Å²) in [6, 6.07) is 2.89. The van der Waals surface area contributed by atoms with Gasteiger partial charge in [-0.1, -0.05) is 13.8 Å². The molecule has 1 atom stereocenters. The van der Waals surface area contributed by atoms with E-state index in [1.165, 1.54) is 12.1 Å². The number of rotatable bonds is 3. The summed E-state index contributed by atoms with van der Waals surface area (Å²) in [6.07, 6.45) is 1.28. The van der Waals surface area contributed by atoms with E-state index in [2.05, 4.69) is 40.9 Å². The number of hydrogen-bond donors (Lipinski definition) is 1. The van der Waals surface area contributed by atoms with Gasteiger partial charge in [0.2, 0.25) is 0 Å².